The van der Waals surface area contributed by atoms with Gasteiger partial charge in [0.2, 0.25) is 11.8 Å². The van der Waals surface area contributed by atoms with Crippen molar-refractivity contribution in [1.29, 1.82) is 0 Å². The molecular weight excluding hydrogens is 354 g/mol. The average Bonchev–Trinajstić information content (AvgIpc) is 2.63. The Morgan fingerprint density at radius 1 is 1.18 bits per heavy atom. The Bertz CT molecular complexity index is 739. The Balaban J connectivity index is 1.77. The van der Waals surface area contributed by atoms with E-state index in [1.54, 1.807) is 0 Å². The number of rotatable bonds is 5. The Labute approximate surface area is 168 Å². The van der Waals surface area contributed by atoms with Crippen LogP contribution in [0.3, 0.4) is 0 Å². The number of carbonyl (C=O) groups excluding carboxylic acids is 2. The minimum absolute atomic E-state index is 0.161. The highest BCUT2D eigenvalue weighted by molar-refractivity contribution is 5.95. The number of fused-ring (bicyclic) bond motifs is 1. The van der Waals surface area contributed by atoms with Gasteiger partial charge >= 0.3 is 0 Å². The van der Waals surface area contributed by atoms with Gasteiger partial charge in [0.25, 0.3) is 0 Å². The number of aromatic nitrogens is 2. The number of amides is 2. The van der Waals surface area contributed by atoms with Crippen LogP contribution in [0.2, 0.25) is 0 Å². The molecule has 0 aliphatic carbocycles. The molecule has 0 atom stereocenters. The zero-order chi connectivity index (χ0) is 20.4. The number of carbonyl (C=O) groups is 2. The van der Waals surface area contributed by atoms with E-state index in [0.29, 0.717) is 25.4 Å². The third kappa shape index (κ3) is 4.51. The first-order valence-corrected chi connectivity index (χ1v) is 10.4. The molecule has 2 aliphatic heterocycles. The SMILES string of the molecule is Cc1nc(C2CCN(C(=O)CN(C)C)CC2)nc2c1CCC(=O)N2CC(C)C. The van der Waals surface area contributed by atoms with Gasteiger partial charge in [0.15, 0.2) is 0 Å². The van der Waals surface area contributed by atoms with Gasteiger partial charge in [-0.15, -0.1) is 0 Å². The Kier molecular flexibility index (Phi) is 6.33. The molecule has 0 spiro atoms. The smallest absolute Gasteiger partial charge is 0.236 e. The quantitative estimate of drug-likeness (QED) is 0.773. The van der Waals surface area contributed by atoms with E-state index in [9.17, 15) is 9.59 Å². The zero-order valence-electron chi connectivity index (χ0n) is 17.9. The predicted molar refractivity (Wildman–Crippen MR) is 109 cm³/mol. The molecule has 28 heavy (non-hydrogen) atoms. The van der Waals surface area contributed by atoms with Crippen molar-refractivity contribution in [3.63, 3.8) is 0 Å². The summed E-state index contributed by atoms with van der Waals surface area (Å²) in [4.78, 5) is 40.2. The number of likely N-dealkylation sites (N-methyl/N-ethyl adjacent to an activating group) is 1. The summed E-state index contributed by atoms with van der Waals surface area (Å²) in [6.07, 6.45) is 3.01. The molecule has 1 fully saturated rings. The lowest BCUT2D eigenvalue weighted by Gasteiger charge is -2.34. The highest BCUT2D eigenvalue weighted by atomic mass is 16.2. The van der Waals surface area contributed by atoms with Gasteiger partial charge in [0.1, 0.15) is 11.6 Å². The minimum Gasteiger partial charge on any atom is -0.342 e. The highest BCUT2D eigenvalue weighted by Gasteiger charge is 2.31. The van der Waals surface area contributed by atoms with E-state index in [-0.39, 0.29) is 17.7 Å². The van der Waals surface area contributed by atoms with E-state index in [4.69, 9.17) is 9.97 Å². The molecule has 3 rings (SSSR count). The van der Waals surface area contributed by atoms with Gasteiger partial charge in [0.05, 0.1) is 6.54 Å². The number of likely N-dealkylation sites (tertiary alicyclic amines) is 1. The summed E-state index contributed by atoms with van der Waals surface area (Å²) in [5.74, 6) is 2.62. The van der Waals surface area contributed by atoms with Crippen LogP contribution in [0.15, 0.2) is 0 Å². The number of aryl methyl sites for hydroxylation is 1. The minimum atomic E-state index is 0.161. The fourth-order valence-electron chi connectivity index (χ4n) is 4.10. The average molecular weight is 388 g/mol. The number of nitrogens with zero attached hydrogens (tertiary/aromatic N) is 5. The molecule has 1 aromatic rings. The van der Waals surface area contributed by atoms with Crippen molar-refractivity contribution in [3.05, 3.63) is 17.1 Å². The fraction of sp³-hybridized carbons (Fsp3) is 0.714. The first-order valence-electron chi connectivity index (χ1n) is 10.4. The topological polar surface area (TPSA) is 69.6 Å². The summed E-state index contributed by atoms with van der Waals surface area (Å²) in [5.41, 5.74) is 2.11. The second-order valence-electron chi connectivity index (χ2n) is 8.76. The molecule has 2 aliphatic rings. The summed E-state index contributed by atoms with van der Waals surface area (Å²) >= 11 is 0. The number of anilines is 1. The highest BCUT2D eigenvalue weighted by Crippen LogP contribution is 2.33. The molecule has 1 aromatic heterocycles. The molecule has 154 valence electrons. The van der Waals surface area contributed by atoms with E-state index >= 15 is 0 Å². The van der Waals surface area contributed by atoms with Gasteiger partial charge < -0.3 is 9.80 Å². The molecule has 0 aromatic carbocycles. The number of hydrogen-bond acceptors (Lipinski definition) is 5. The second-order valence-corrected chi connectivity index (χ2v) is 8.76. The molecule has 7 nitrogen and oxygen atoms in total. The monoisotopic (exact) mass is 387 g/mol. The molecule has 7 heteroatoms. The molecule has 0 radical (unpaired) electrons. The summed E-state index contributed by atoms with van der Waals surface area (Å²) in [6, 6.07) is 0. The lowest BCUT2D eigenvalue weighted by molar-refractivity contribution is -0.132. The molecule has 2 amide bonds. The van der Waals surface area contributed by atoms with E-state index in [1.165, 1.54) is 0 Å². The van der Waals surface area contributed by atoms with Crippen LogP contribution in [-0.2, 0) is 16.0 Å². The van der Waals surface area contributed by atoms with E-state index in [2.05, 4.69) is 13.8 Å². The van der Waals surface area contributed by atoms with E-state index in [0.717, 1.165) is 55.3 Å². The number of hydrogen-bond donors (Lipinski definition) is 0. The first-order chi connectivity index (χ1) is 13.3. The van der Waals surface area contributed by atoms with Crippen molar-refractivity contribution in [1.82, 2.24) is 19.8 Å². The zero-order valence-corrected chi connectivity index (χ0v) is 17.9. The summed E-state index contributed by atoms with van der Waals surface area (Å²) in [6.45, 7) is 8.90. The Morgan fingerprint density at radius 3 is 2.46 bits per heavy atom. The fourth-order valence-corrected chi connectivity index (χ4v) is 4.10. The van der Waals surface area contributed by atoms with Crippen LogP contribution in [0.25, 0.3) is 0 Å². The van der Waals surface area contributed by atoms with E-state index < -0.39 is 0 Å². The summed E-state index contributed by atoms with van der Waals surface area (Å²) in [5, 5.41) is 0. The van der Waals surface area contributed by atoms with Gasteiger partial charge in [-0.3, -0.25) is 14.5 Å². The van der Waals surface area contributed by atoms with Crippen LogP contribution in [0.4, 0.5) is 5.82 Å². The second kappa shape index (κ2) is 8.55. The van der Waals surface area contributed by atoms with Crippen LogP contribution in [-0.4, -0.2) is 71.9 Å². The van der Waals surface area contributed by atoms with Crippen molar-refractivity contribution >= 4 is 17.6 Å². The van der Waals surface area contributed by atoms with Gasteiger partial charge in [-0.25, -0.2) is 9.97 Å². The van der Waals surface area contributed by atoms with Gasteiger partial charge in [0, 0.05) is 43.2 Å². The maximum Gasteiger partial charge on any atom is 0.236 e. The van der Waals surface area contributed by atoms with E-state index in [1.807, 2.05) is 35.7 Å². The molecule has 0 unspecified atom stereocenters. The lowest BCUT2D eigenvalue weighted by atomic mass is 9.94. The van der Waals surface area contributed by atoms with Crippen LogP contribution in [0.5, 0.6) is 0 Å². The maximum atomic E-state index is 12.5. The molecular formula is C21H33N5O2. The maximum absolute atomic E-state index is 12.5. The first kappa shape index (κ1) is 20.7. The standard InChI is InChI=1S/C21H33N5O2/c1-14(2)12-26-18(27)7-6-17-15(3)22-20(23-21(17)26)16-8-10-25(11-9-16)19(28)13-24(4)5/h14,16H,6-13H2,1-5H3. The van der Waals surface area contributed by atoms with Crippen molar-refractivity contribution in [3.8, 4) is 0 Å². The molecule has 3 heterocycles. The lowest BCUT2D eigenvalue weighted by Crippen LogP contribution is -2.42. The summed E-state index contributed by atoms with van der Waals surface area (Å²) < 4.78 is 0. The van der Waals surface area contributed by atoms with Crippen LogP contribution >= 0.6 is 0 Å². The van der Waals surface area contributed by atoms with Crippen LogP contribution in [0.1, 0.15) is 56.1 Å². The molecule has 1 saturated heterocycles. The number of piperidine rings is 1. The van der Waals surface area contributed by atoms with Crippen molar-refractivity contribution in [2.45, 2.75) is 52.4 Å². The van der Waals surface area contributed by atoms with Gasteiger partial charge in [-0.1, -0.05) is 13.8 Å². The molecule has 0 N–H and O–H groups in total. The Hall–Kier alpha value is -2.02. The molecule has 0 saturated carbocycles. The predicted octanol–water partition coefficient (Wildman–Crippen LogP) is 1.99. The van der Waals surface area contributed by atoms with Crippen molar-refractivity contribution in [2.75, 3.05) is 45.2 Å². The molecule has 0 bridgehead atoms. The normalized spacial score (nSPS) is 18.2. The van der Waals surface area contributed by atoms with Crippen molar-refractivity contribution in [2.24, 2.45) is 5.92 Å². The van der Waals surface area contributed by atoms with Crippen molar-refractivity contribution < 1.29 is 9.59 Å². The largest absolute Gasteiger partial charge is 0.342 e. The summed E-state index contributed by atoms with van der Waals surface area (Å²) in [7, 11) is 3.83. The van der Waals surface area contributed by atoms with Gasteiger partial charge in [-0.2, -0.15) is 0 Å². The van der Waals surface area contributed by atoms with Gasteiger partial charge in [-0.05, 0) is 46.2 Å². The van der Waals surface area contributed by atoms with Crippen LogP contribution < -0.4 is 4.90 Å². The third-order valence-electron chi connectivity index (χ3n) is 5.57. The Morgan fingerprint density at radius 2 is 1.86 bits per heavy atom. The third-order valence-corrected chi connectivity index (χ3v) is 5.57. The van der Waals surface area contributed by atoms with Crippen LogP contribution in [0, 0.1) is 12.8 Å².